The highest BCUT2D eigenvalue weighted by Gasteiger charge is 2.40. The van der Waals surface area contributed by atoms with Gasteiger partial charge in [0.2, 0.25) is 0 Å². The fourth-order valence-corrected chi connectivity index (χ4v) is 10.7. The summed E-state index contributed by atoms with van der Waals surface area (Å²) in [7, 11) is -4.42. The lowest BCUT2D eigenvalue weighted by molar-refractivity contribution is -0.0113. The van der Waals surface area contributed by atoms with Gasteiger partial charge in [0.05, 0.1) is 22.3 Å². The minimum atomic E-state index is -4.42. The number of anilines is 2. The van der Waals surface area contributed by atoms with E-state index in [0.29, 0.717) is 29.3 Å². The summed E-state index contributed by atoms with van der Waals surface area (Å²) in [5.41, 5.74) is 6.92. The van der Waals surface area contributed by atoms with Gasteiger partial charge in [-0.15, -0.1) is 4.91 Å². The molecule has 3 aromatic rings. The number of carbonyl (C=O) groups excluding carboxylic acids is 1. The van der Waals surface area contributed by atoms with E-state index in [9.17, 15) is 18.1 Å². The Balaban J connectivity index is 1.14. The quantitative estimate of drug-likeness (QED) is 0.0995. The topological polar surface area (TPSA) is 137 Å². The number of piperazine rings is 1. The number of allylic oxidation sites excluding steroid dienone is 2. The van der Waals surface area contributed by atoms with Crippen molar-refractivity contribution in [3.63, 3.8) is 0 Å². The molecule has 0 unspecified atom stereocenters. The Morgan fingerprint density at radius 1 is 1.00 bits per heavy atom. The zero-order valence-corrected chi connectivity index (χ0v) is 39.3. The van der Waals surface area contributed by atoms with Gasteiger partial charge >= 0.3 is 0 Å². The van der Waals surface area contributed by atoms with Gasteiger partial charge in [0, 0.05) is 76.9 Å². The van der Waals surface area contributed by atoms with Crippen molar-refractivity contribution in [2.24, 2.45) is 21.9 Å². The van der Waals surface area contributed by atoms with Gasteiger partial charge in [0.25, 0.3) is 15.9 Å². The minimum absolute atomic E-state index is 0.0196. The SMILES string of the molecule is C=Cc1cncc(Oc2cc(N3CCN(CC4=C(C(=C)CC(C)C)CC(C)(C)CC4)CC3)ccc2C(=O)NS(=O)(=O)c2ccc(NCCN3CC(CCC)(CCC)C3)c(N=O)c2)c1. The van der Waals surface area contributed by atoms with Gasteiger partial charge < -0.3 is 19.9 Å². The average molecular weight is 880 g/mol. The minimum Gasteiger partial charge on any atom is -0.455 e. The van der Waals surface area contributed by atoms with Gasteiger partial charge in [-0.25, -0.2) is 13.1 Å². The molecule has 13 heteroatoms. The van der Waals surface area contributed by atoms with Crippen LogP contribution in [0, 0.1) is 21.7 Å². The Labute approximate surface area is 376 Å². The van der Waals surface area contributed by atoms with Crippen molar-refractivity contribution in [3.8, 4) is 11.5 Å². The molecule has 2 aromatic carbocycles. The van der Waals surface area contributed by atoms with Crippen LogP contribution in [0.5, 0.6) is 11.5 Å². The summed E-state index contributed by atoms with van der Waals surface area (Å²) in [6, 6.07) is 11.0. The Morgan fingerprint density at radius 2 is 1.73 bits per heavy atom. The number of rotatable bonds is 21. The van der Waals surface area contributed by atoms with Gasteiger partial charge in [-0.3, -0.25) is 14.7 Å². The van der Waals surface area contributed by atoms with E-state index in [1.54, 1.807) is 30.5 Å². The Morgan fingerprint density at radius 3 is 2.40 bits per heavy atom. The molecule has 0 spiro atoms. The first kappa shape index (κ1) is 47.6. The molecule has 12 nitrogen and oxygen atoms in total. The lowest BCUT2D eigenvalue weighted by Crippen LogP contribution is -2.57. The molecule has 3 aliphatic rings. The zero-order valence-electron chi connectivity index (χ0n) is 38.5. The number of nitrogens with one attached hydrogen (secondary N) is 2. The number of ether oxygens (including phenoxy) is 1. The molecule has 2 N–H and O–H groups in total. The van der Waals surface area contributed by atoms with Crippen LogP contribution in [-0.4, -0.2) is 88.0 Å². The third-order valence-corrected chi connectivity index (χ3v) is 14.2. The van der Waals surface area contributed by atoms with Crippen LogP contribution < -0.4 is 19.7 Å². The highest BCUT2D eigenvalue weighted by atomic mass is 32.2. The maximum Gasteiger partial charge on any atom is 0.268 e. The molecule has 6 rings (SSSR count). The number of amides is 1. The van der Waals surface area contributed by atoms with E-state index in [2.05, 4.69) is 89.6 Å². The number of pyridine rings is 1. The number of hydrogen-bond acceptors (Lipinski definition) is 11. The smallest absolute Gasteiger partial charge is 0.268 e. The van der Waals surface area contributed by atoms with Crippen LogP contribution in [0.4, 0.5) is 17.1 Å². The lowest BCUT2D eigenvalue weighted by Gasteiger charge is -2.51. The average Bonchev–Trinajstić information content (AvgIpc) is 3.23. The molecule has 0 saturated carbocycles. The predicted octanol–water partition coefficient (Wildman–Crippen LogP) is 10.6. The van der Waals surface area contributed by atoms with Crippen molar-refractivity contribution in [2.45, 2.75) is 97.8 Å². The third-order valence-electron chi connectivity index (χ3n) is 12.9. The van der Waals surface area contributed by atoms with Gasteiger partial charge in [-0.05, 0) is 108 Å². The zero-order chi connectivity index (χ0) is 45.4. The number of sulfonamides is 1. The van der Waals surface area contributed by atoms with Gasteiger partial charge in [0.1, 0.15) is 17.2 Å². The third kappa shape index (κ3) is 12.2. The summed E-state index contributed by atoms with van der Waals surface area (Å²) < 4.78 is 35.9. The van der Waals surface area contributed by atoms with Crippen molar-refractivity contribution in [2.75, 3.05) is 69.1 Å². The maximum absolute atomic E-state index is 13.9. The van der Waals surface area contributed by atoms with Crippen LogP contribution in [0.25, 0.3) is 6.08 Å². The molecular weight excluding hydrogens is 811 g/mol. The molecule has 1 amide bonds. The Hall–Kier alpha value is -4.85. The number of likely N-dealkylation sites (tertiary alicyclic amines) is 1. The van der Waals surface area contributed by atoms with E-state index in [-0.39, 0.29) is 27.3 Å². The number of carbonyl (C=O) groups is 1. The summed E-state index contributed by atoms with van der Waals surface area (Å²) in [6.07, 6.45) is 14.0. The molecular formula is C50H69N7O5S. The van der Waals surface area contributed by atoms with Crippen LogP contribution in [0.15, 0.2) is 94.8 Å². The highest BCUT2D eigenvalue weighted by Crippen LogP contribution is 2.43. The van der Waals surface area contributed by atoms with Crippen LogP contribution in [0.3, 0.4) is 0 Å². The largest absolute Gasteiger partial charge is 0.455 e. The molecule has 0 atom stereocenters. The fraction of sp³-hybridized carbons (Fsp3) is 0.520. The molecule has 2 fully saturated rings. The number of nitroso groups, excluding NO2 is 1. The summed E-state index contributed by atoms with van der Waals surface area (Å²) in [6.45, 7) is 29.8. The number of hydrogen-bond donors (Lipinski definition) is 2. The molecule has 3 heterocycles. The molecule has 0 bridgehead atoms. The molecule has 0 radical (unpaired) electrons. The van der Waals surface area contributed by atoms with Crippen LogP contribution in [-0.2, 0) is 10.0 Å². The first-order chi connectivity index (χ1) is 30.1. The van der Waals surface area contributed by atoms with Crippen molar-refractivity contribution < 1.29 is 17.9 Å². The monoisotopic (exact) mass is 880 g/mol. The molecule has 2 aliphatic heterocycles. The summed E-state index contributed by atoms with van der Waals surface area (Å²) in [5, 5.41) is 6.37. The fourth-order valence-electron chi connectivity index (χ4n) is 9.69. The molecule has 1 aliphatic carbocycles. The second kappa shape index (κ2) is 20.8. The Bertz CT molecular complexity index is 2270. The molecule has 1 aromatic heterocycles. The normalized spacial score (nSPS) is 17.9. The number of aromatic nitrogens is 1. The van der Waals surface area contributed by atoms with Crippen molar-refractivity contribution in [1.82, 2.24) is 19.5 Å². The van der Waals surface area contributed by atoms with Crippen molar-refractivity contribution in [3.05, 3.63) is 101 Å². The van der Waals surface area contributed by atoms with Crippen LogP contribution >= 0.6 is 0 Å². The standard InChI is InChI=1S/C50H69N7O5S/c1-9-17-50(18-10-2)34-56(35-50)21-20-52-45-15-13-42(29-46(45)53-59)63(60,61)54-48(58)43-14-12-40(28-47(43)62-41-27-38(11-3)31-51-32-41)57-24-22-55(23-25-57)33-39-16-19-49(7,8)30-44(39)37(6)26-36(4)5/h11-15,27-29,31-32,36,52H,3,6,9-10,16-26,30,33-35H2,1-2,4-5,7-8H3,(H,54,58). The molecule has 63 heavy (non-hydrogen) atoms. The second-order valence-corrected chi connectivity index (χ2v) is 20.9. The highest BCUT2D eigenvalue weighted by molar-refractivity contribution is 7.90. The first-order valence-corrected chi connectivity index (χ1v) is 24.3. The van der Waals surface area contributed by atoms with Gasteiger partial charge in [0.15, 0.2) is 0 Å². The maximum atomic E-state index is 13.9. The van der Waals surface area contributed by atoms with E-state index >= 15 is 0 Å². The summed E-state index contributed by atoms with van der Waals surface area (Å²) in [5.74, 6) is 0.222. The van der Waals surface area contributed by atoms with E-state index in [0.717, 1.165) is 82.9 Å². The number of nitrogens with zero attached hydrogens (tertiary/aromatic N) is 5. The van der Waals surface area contributed by atoms with Crippen molar-refractivity contribution >= 4 is 39.1 Å². The molecule has 2 saturated heterocycles. The van der Waals surface area contributed by atoms with E-state index in [1.807, 2.05) is 6.07 Å². The van der Waals surface area contributed by atoms with E-state index in [1.165, 1.54) is 73.2 Å². The lowest BCUT2D eigenvalue weighted by atomic mass is 9.71. The van der Waals surface area contributed by atoms with Crippen molar-refractivity contribution in [1.29, 1.82) is 0 Å². The van der Waals surface area contributed by atoms with Gasteiger partial charge in [-0.1, -0.05) is 84.8 Å². The van der Waals surface area contributed by atoms with E-state index in [4.69, 9.17) is 4.74 Å². The summed E-state index contributed by atoms with van der Waals surface area (Å²) in [4.78, 5) is 37.0. The predicted molar refractivity (Wildman–Crippen MR) is 256 cm³/mol. The second-order valence-electron chi connectivity index (χ2n) is 19.2. The molecule has 340 valence electrons. The number of benzene rings is 2. The summed E-state index contributed by atoms with van der Waals surface area (Å²) >= 11 is 0. The Kier molecular flexibility index (Phi) is 15.7. The van der Waals surface area contributed by atoms with E-state index < -0.39 is 15.9 Å². The van der Waals surface area contributed by atoms with Gasteiger partial charge in [-0.2, -0.15) is 0 Å². The van der Waals surface area contributed by atoms with Crippen LogP contribution in [0.2, 0.25) is 0 Å². The first-order valence-electron chi connectivity index (χ1n) is 22.8. The van der Waals surface area contributed by atoms with Crippen LogP contribution in [0.1, 0.15) is 109 Å².